The number of amides is 1. The van der Waals surface area contributed by atoms with Gasteiger partial charge in [-0.15, -0.1) is 11.3 Å². The molecule has 154 valence electrons. The van der Waals surface area contributed by atoms with Crippen LogP contribution in [0.25, 0.3) is 0 Å². The van der Waals surface area contributed by atoms with Gasteiger partial charge in [0.15, 0.2) is 5.11 Å². The first-order valence-electron chi connectivity index (χ1n) is 9.92. The van der Waals surface area contributed by atoms with E-state index in [1.807, 2.05) is 49.4 Å². The number of rotatable bonds is 6. The number of nitrogens with zero attached hydrogens (tertiary/aromatic N) is 2. The van der Waals surface area contributed by atoms with Gasteiger partial charge in [-0.25, -0.2) is 0 Å². The van der Waals surface area contributed by atoms with Crippen molar-refractivity contribution in [3.63, 3.8) is 0 Å². The maximum Gasteiger partial charge on any atom is 0.226 e. The van der Waals surface area contributed by atoms with Gasteiger partial charge in [0, 0.05) is 34.6 Å². The fourth-order valence-corrected chi connectivity index (χ4v) is 5.01. The van der Waals surface area contributed by atoms with Crippen LogP contribution >= 0.6 is 23.6 Å². The Labute approximate surface area is 186 Å². The molecule has 1 amide bonds. The summed E-state index contributed by atoms with van der Waals surface area (Å²) in [5.41, 5.74) is 2.92. The molecular weight excluding hydrogens is 412 g/mol. The highest BCUT2D eigenvalue weighted by molar-refractivity contribution is 7.80. The van der Waals surface area contributed by atoms with Crippen LogP contribution in [0.3, 0.4) is 0 Å². The molecule has 1 aliphatic heterocycles. The number of aryl methyl sites for hydroxylation is 2. The molecule has 0 aliphatic carbocycles. The summed E-state index contributed by atoms with van der Waals surface area (Å²) in [5, 5.41) is 7.06. The largest absolute Gasteiger partial charge is 0.352 e. The topological polar surface area (TPSA) is 57.3 Å². The number of carbonyl (C=O) groups is 1. The van der Waals surface area contributed by atoms with Gasteiger partial charge in [0.1, 0.15) is 0 Å². The van der Waals surface area contributed by atoms with E-state index in [0.29, 0.717) is 18.1 Å². The zero-order valence-electron chi connectivity index (χ0n) is 17.0. The summed E-state index contributed by atoms with van der Waals surface area (Å²) in [6, 6.07) is 18.0. The fourth-order valence-electron chi connectivity index (χ4n) is 3.65. The Kier molecular flexibility index (Phi) is 6.11. The highest BCUT2D eigenvalue weighted by Gasteiger charge is 2.40. The van der Waals surface area contributed by atoms with E-state index in [9.17, 15) is 4.79 Å². The Morgan fingerprint density at radius 3 is 2.63 bits per heavy atom. The number of thiocarbonyl (C=S) groups is 1. The third-order valence-corrected chi connectivity index (χ3v) is 6.59. The van der Waals surface area contributed by atoms with E-state index in [1.165, 1.54) is 9.75 Å². The zero-order valence-corrected chi connectivity index (χ0v) is 18.6. The molecule has 0 spiro atoms. The Bertz CT molecular complexity index is 1030. The molecule has 0 bridgehead atoms. The van der Waals surface area contributed by atoms with Crippen molar-refractivity contribution >= 4 is 40.3 Å². The quantitative estimate of drug-likeness (QED) is 0.546. The first-order chi connectivity index (χ1) is 14.5. The monoisotopic (exact) mass is 436 g/mol. The van der Waals surface area contributed by atoms with Crippen LogP contribution < -0.4 is 10.6 Å². The van der Waals surface area contributed by atoms with Crippen molar-refractivity contribution in [3.05, 3.63) is 81.8 Å². The van der Waals surface area contributed by atoms with Gasteiger partial charge in [-0.1, -0.05) is 23.8 Å². The number of thiophene rings is 1. The van der Waals surface area contributed by atoms with Crippen LogP contribution in [0.4, 0.5) is 5.69 Å². The van der Waals surface area contributed by atoms with E-state index in [0.717, 1.165) is 16.9 Å². The smallest absolute Gasteiger partial charge is 0.226 e. The lowest BCUT2D eigenvalue weighted by atomic mass is 10.0. The predicted octanol–water partition coefficient (Wildman–Crippen LogP) is 4.76. The summed E-state index contributed by atoms with van der Waals surface area (Å²) < 4.78 is 0. The van der Waals surface area contributed by atoms with Crippen LogP contribution in [0.15, 0.2) is 60.8 Å². The summed E-state index contributed by atoms with van der Waals surface area (Å²) in [6.45, 7) is 4.66. The van der Waals surface area contributed by atoms with Crippen molar-refractivity contribution in [1.82, 2.24) is 15.2 Å². The van der Waals surface area contributed by atoms with Crippen LogP contribution in [0.1, 0.15) is 39.5 Å². The van der Waals surface area contributed by atoms with Crippen molar-refractivity contribution < 1.29 is 4.79 Å². The zero-order chi connectivity index (χ0) is 21.1. The molecule has 0 radical (unpaired) electrons. The Morgan fingerprint density at radius 2 is 1.97 bits per heavy atom. The van der Waals surface area contributed by atoms with Gasteiger partial charge >= 0.3 is 0 Å². The van der Waals surface area contributed by atoms with Gasteiger partial charge in [-0.3, -0.25) is 9.78 Å². The van der Waals surface area contributed by atoms with E-state index in [1.54, 1.807) is 17.5 Å². The second-order valence-electron chi connectivity index (χ2n) is 7.43. The number of hydrogen-bond donors (Lipinski definition) is 2. The van der Waals surface area contributed by atoms with Crippen LogP contribution in [0, 0.1) is 13.8 Å². The minimum Gasteiger partial charge on any atom is -0.352 e. The minimum absolute atomic E-state index is 0.0123. The molecule has 3 heterocycles. The fraction of sp³-hybridized carbons (Fsp3) is 0.261. The van der Waals surface area contributed by atoms with Gasteiger partial charge in [0.25, 0.3) is 0 Å². The molecule has 3 aromatic rings. The molecule has 2 N–H and O–H groups in total. The number of anilines is 1. The average molecular weight is 437 g/mol. The highest BCUT2D eigenvalue weighted by Crippen LogP contribution is 2.41. The van der Waals surface area contributed by atoms with Gasteiger partial charge in [0.2, 0.25) is 5.91 Å². The Balaban J connectivity index is 1.51. The molecule has 1 aromatic carbocycles. The van der Waals surface area contributed by atoms with Crippen LogP contribution in [0.2, 0.25) is 0 Å². The number of hydrogen-bond acceptors (Lipinski definition) is 4. The maximum atomic E-state index is 12.5. The summed E-state index contributed by atoms with van der Waals surface area (Å²) in [5.74, 6) is -0.0240. The lowest BCUT2D eigenvalue weighted by molar-refractivity contribution is -0.116. The molecule has 1 saturated heterocycles. The number of nitrogens with one attached hydrogen (secondary N) is 2. The third kappa shape index (κ3) is 4.52. The minimum atomic E-state index is -0.0445. The van der Waals surface area contributed by atoms with Crippen LogP contribution in [-0.2, 0) is 4.79 Å². The van der Waals surface area contributed by atoms with E-state index in [-0.39, 0.29) is 18.0 Å². The molecule has 7 heteroatoms. The molecule has 0 unspecified atom stereocenters. The van der Waals surface area contributed by atoms with E-state index >= 15 is 0 Å². The molecule has 2 atom stereocenters. The SMILES string of the molecule is Cc1ccc(NC(=O)CCN2C(=S)N[C@H](c3ccccn3)[C@H]2c2ccc(C)s2)cc1. The molecule has 1 fully saturated rings. The summed E-state index contributed by atoms with van der Waals surface area (Å²) in [4.78, 5) is 21.7. The summed E-state index contributed by atoms with van der Waals surface area (Å²) in [7, 11) is 0. The number of carbonyl (C=O) groups excluding carboxylic acids is 1. The standard InChI is InChI=1S/C23H24N4OS2/c1-15-6-9-17(10-7-15)25-20(28)12-14-27-22(19-11-8-16(2)30-19)21(26-23(27)29)18-5-3-4-13-24-18/h3-11,13,21-22H,12,14H2,1-2H3,(H,25,28)(H,26,29)/t21-,22-/m1/s1. The molecule has 5 nitrogen and oxygen atoms in total. The summed E-state index contributed by atoms with van der Waals surface area (Å²) in [6.07, 6.45) is 2.15. The normalized spacial score (nSPS) is 18.3. The molecule has 2 aromatic heterocycles. The molecule has 0 saturated carbocycles. The predicted molar refractivity (Wildman–Crippen MR) is 126 cm³/mol. The van der Waals surface area contributed by atoms with Gasteiger partial charge in [-0.2, -0.15) is 0 Å². The van der Waals surface area contributed by atoms with E-state index in [4.69, 9.17) is 12.2 Å². The maximum absolute atomic E-state index is 12.5. The van der Waals surface area contributed by atoms with E-state index in [2.05, 4.69) is 39.6 Å². The van der Waals surface area contributed by atoms with Gasteiger partial charge < -0.3 is 15.5 Å². The Hall–Kier alpha value is -2.77. The van der Waals surface area contributed by atoms with Gasteiger partial charge in [0.05, 0.1) is 17.8 Å². The van der Waals surface area contributed by atoms with E-state index < -0.39 is 0 Å². The van der Waals surface area contributed by atoms with Crippen molar-refractivity contribution in [2.75, 3.05) is 11.9 Å². The average Bonchev–Trinajstić information content (AvgIpc) is 3.31. The van der Waals surface area contributed by atoms with Gasteiger partial charge in [-0.05, 0) is 62.5 Å². The van der Waals surface area contributed by atoms with Crippen LogP contribution in [0.5, 0.6) is 0 Å². The Morgan fingerprint density at radius 1 is 1.17 bits per heavy atom. The van der Waals surface area contributed by atoms with Crippen molar-refractivity contribution in [3.8, 4) is 0 Å². The van der Waals surface area contributed by atoms with Crippen LogP contribution in [-0.4, -0.2) is 27.4 Å². The van der Waals surface area contributed by atoms with Crippen molar-refractivity contribution in [1.29, 1.82) is 0 Å². The molecular formula is C23H24N4OS2. The molecule has 1 aliphatic rings. The first-order valence-corrected chi connectivity index (χ1v) is 11.1. The number of pyridine rings is 1. The number of benzene rings is 1. The lowest BCUT2D eigenvalue weighted by Gasteiger charge is -2.26. The van der Waals surface area contributed by atoms with Crippen molar-refractivity contribution in [2.45, 2.75) is 32.4 Å². The third-order valence-electron chi connectivity index (χ3n) is 5.17. The number of aromatic nitrogens is 1. The highest BCUT2D eigenvalue weighted by atomic mass is 32.1. The second-order valence-corrected chi connectivity index (χ2v) is 9.14. The first kappa shape index (κ1) is 20.5. The summed E-state index contributed by atoms with van der Waals surface area (Å²) >= 11 is 7.42. The molecule has 4 rings (SSSR count). The second kappa shape index (κ2) is 8.93. The molecule has 30 heavy (non-hydrogen) atoms. The lowest BCUT2D eigenvalue weighted by Crippen LogP contribution is -2.32. The van der Waals surface area contributed by atoms with Crippen molar-refractivity contribution in [2.24, 2.45) is 0 Å².